The fraction of sp³-hybridized carbons (Fsp3) is 0.556. The average molecular weight is 496 g/mol. The summed E-state index contributed by atoms with van der Waals surface area (Å²) in [5.41, 5.74) is 1.46. The van der Waals surface area contributed by atoms with Crippen molar-refractivity contribution in [3.05, 3.63) is 35.9 Å². The van der Waals surface area contributed by atoms with E-state index in [2.05, 4.69) is 20.9 Å². The molecule has 1 saturated carbocycles. The summed E-state index contributed by atoms with van der Waals surface area (Å²) in [5.74, 6) is 2.00. The molecule has 36 heavy (non-hydrogen) atoms. The van der Waals surface area contributed by atoms with Gasteiger partial charge in [-0.05, 0) is 68.4 Å². The van der Waals surface area contributed by atoms with Crippen molar-refractivity contribution in [2.24, 2.45) is 17.8 Å². The van der Waals surface area contributed by atoms with Crippen LogP contribution in [-0.4, -0.2) is 60.7 Å². The standard InChI is InChI=1S/C27H37N5O4/c1-18(33)28-15-21-10-12-32(13-11-21)25-14-23(22-4-2-3-5-24(22)31-25)26(34)29-16-19-6-8-20(9-7-19)17-30-27(35)36/h2-5,14,19-21,30H,6-13,15-17H2,1H3,(H,28,33)(H,29,34)(H,35,36). The molecule has 2 aromatic rings. The summed E-state index contributed by atoms with van der Waals surface area (Å²) in [4.78, 5) is 42.3. The monoisotopic (exact) mass is 495 g/mol. The number of carbonyl (C=O) groups excluding carboxylic acids is 2. The normalized spacial score (nSPS) is 20.6. The van der Waals surface area contributed by atoms with Crippen LogP contribution in [0.25, 0.3) is 10.9 Å². The van der Waals surface area contributed by atoms with Gasteiger partial charge in [0.15, 0.2) is 0 Å². The first-order valence-electron chi connectivity index (χ1n) is 13.0. The zero-order valence-corrected chi connectivity index (χ0v) is 21.0. The minimum Gasteiger partial charge on any atom is -0.465 e. The number of rotatable bonds is 8. The van der Waals surface area contributed by atoms with E-state index in [1.54, 1.807) is 6.92 Å². The van der Waals surface area contributed by atoms with Gasteiger partial charge in [0.2, 0.25) is 5.91 Å². The largest absolute Gasteiger partial charge is 0.465 e. The first-order chi connectivity index (χ1) is 17.4. The van der Waals surface area contributed by atoms with Gasteiger partial charge in [-0.1, -0.05) is 18.2 Å². The van der Waals surface area contributed by atoms with Gasteiger partial charge in [-0.15, -0.1) is 0 Å². The predicted octanol–water partition coefficient (Wildman–Crippen LogP) is 3.39. The molecule has 2 fully saturated rings. The quantitative estimate of drug-likeness (QED) is 0.445. The Morgan fingerprint density at radius 2 is 1.47 bits per heavy atom. The van der Waals surface area contributed by atoms with Crippen molar-refractivity contribution in [3.8, 4) is 0 Å². The zero-order valence-electron chi connectivity index (χ0n) is 21.0. The molecular weight excluding hydrogens is 458 g/mol. The number of piperidine rings is 1. The van der Waals surface area contributed by atoms with Gasteiger partial charge in [0.05, 0.1) is 11.1 Å². The average Bonchev–Trinajstić information content (AvgIpc) is 2.89. The highest BCUT2D eigenvalue weighted by atomic mass is 16.4. The Bertz CT molecular complexity index is 1080. The molecular formula is C27H37N5O4. The number of fused-ring (bicyclic) bond motifs is 1. The lowest BCUT2D eigenvalue weighted by molar-refractivity contribution is -0.119. The maximum absolute atomic E-state index is 13.3. The number of pyridine rings is 1. The van der Waals surface area contributed by atoms with E-state index in [4.69, 9.17) is 10.1 Å². The Morgan fingerprint density at radius 3 is 2.11 bits per heavy atom. The molecule has 0 unspecified atom stereocenters. The Morgan fingerprint density at radius 1 is 0.889 bits per heavy atom. The lowest BCUT2D eigenvalue weighted by Gasteiger charge is -2.33. The molecule has 3 amide bonds. The summed E-state index contributed by atoms with van der Waals surface area (Å²) >= 11 is 0. The van der Waals surface area contributed by atoms with Crippen LogP contribution in [0.5, 0.6) is 0 Å². The van der Waals surface area contributed by atoms with E-state index < -0.39 is 6.09 Å². The number of nitrogens with one attached hydrogen (secondary N) is 3. The van der Waals surface area contributed by atoms with Crippen LogP contribution in [0, 0.1) is 17.8 Å². The summed E-state index contributed by atoms with van der Waals surface area (Å²) in [7, 11) is 0. The van der Waals surface area contributed by atoms with Gasteiger partial charge in [-0.3, -0.25) is 9.59 Å². The molecule has 2 heterocycles. The van der Waals surface area contributed by atoms with E-state index in [1.165, 1.54) is 0 Å². The number of para-hydroxylation sites is 1. The Balaban J connectivity index is 1.37. The second kappa shape index (κ2) is 12.1. The molecule has 9 nitrogen and oxygen atoms in total. The molecule has 194 valence electrons. The first-order valence-corrected chi connectivity index (χ1v) is 13.0. The van der Waals surface area contributed by atoms with E-state index in [0.717, 1.165) is 68.3 Å². The van der Waals surface area contributed by atoms with Crippen LogP contribution in [0.15, 0.2) is 30.3 Å². The van der Waals surface area contributed by atoms with Gasteiger partial charge in [-0.2, -0.15) is 0 Å². The SMILES string of the molecule is CC(=O)NCC1CCN(c2cc(C(=O)NCC3CCC(CNC(=O)O)CC3)c3ccccc3n2)CC1. The molecule has 2 aliphatic rings. The van der Waals surface area contributed by atoms with Gasteiger partial charge in [0, 0.05) is 45.0 Å². The number of carboxylic acid groups (broad SMARTS) is 1. The smallest absolute Gasteiger partial charge is 0.404 e. The Hall–Kier alpha value is -3.36. The van der Waals surface area contributed by atoms with Crippen LogP contribution in [0.1, 0.15) is 55.8 Å². The molecule has 0 radical (unpaired) electrons. The molecule has 0 atom stereocenters. The molecule has 4 rings (SSSR count). The third-order valence-electron chi connectivity index (χ3n) is 7.59. The van der Waals surface area contributed by atoms with Crippen LogP contribution in [0.2, 0.25) is 0 Å². The van der Waals surface area contributed by atoms with E-state index in [1.807, 2.05) is 30.3 Å². The van der Waals surface area contributed by atoms with Crippen molar-refractivity contribution < 1.29 is 19.5 Å². The third-order valence-corrected chi connectivity index (χ3v) is 7.59. The highest BCUT2D eigenvalue weighted by Gasteiger charge is 2.24. The van der Waals surface area contributed by atoms with Crippen LogP contribution < -0.4 is 20.9 Å². The fourth-order valence-electron chi connectivity index (χ4n) is 5.37. The van der Waals surface area contributed by atoms with Crippen molar-refractivity contribution in [3.63, 3.8) is 0 Å². The highest BCUT2D eigenvalue weighted by Crippen LogP contribution is 2.29. The van der Waals surface area contributed by atoms with Gasteiger partial charge in [-0.25, -0.2) is 9.78 Å². The number of amides is 3. The summed E-state index contributed by atoms with van der Waals surface area (Å²) in [6.07, 6.45) is 4.90. The summed E-state index contributed by atoms with van der Waals surface area (Å²) in [6, 6.07) is 9.69. The van der Waals surface area contributed by atoms with Gasteiger partial charge in [0.1, 0.15) is 5.82 Å². The zero-order chi connectivity index (χ0) is 25.5. The molecule has 9 heteroatoms. The molecule has 1 aliphatic carbocycles. The van der Waals surface area contributed by atoms with Gasteiger partial charge < -0.3 is 26.0 Å². The Labute approximate surface area is 212 Å². The molecule has 4 N–H and O–H groups in total. The first kappa shape index (κ1) is 25.7. The second-order valence-electron chi connectivity index (χ2n) is 10.2. The van der Waals surface area contributed by atoms with Crippen molar-refractivity contribution in [2.45, 2.75) is 45.4 Å². The summed E-state index contributed by atoms with van der Waals surface area (Å²) in [5, 5.41) is 18.2. The molecule has 1 aromatic carbocycles. The van der Waals surface area contributed by atoms with Crippen LogP contribution in [0.3, 0.4) is 0 Å². The summed E-state index contributed by atoms with van der Waals surface area (Å²) < 4.78 is 0. The Kier molecular flexibility index (Phi) is 8.61. The number of anilines is 1. The second-order valence-corrected chi connectivity index (χ2v) is 10.2. The highest BCUT2D eigenvalue weighted by molar-refractivity contribution is 6.07. The van der Waals surface area contributed by atoms with Crippen LogP contribution in [-0.2, 0) is 4.79 Å². The number of carbonyl (C=O) groups is 3. The lowest BCUT2D eigenvalue weighted by Crippen LogP contribution is -2.38. The number of hydrogen-bond acceptors (Lipinski definition) is 5. The lowest BCUT2D eigenvalue weighted by atomic mass is 9.82. The van der Waals surface area contributed by atoms with Crippen LogP contribution >= 0.6 is 0 Å². The number of nitrogens with zero attached hydrogens (tertiary/aromatic N) is 2. The predicted molar refractivity (Wildman–Crippen MR) is 139 cm³/mol. The maximum Gasteiger partial charge on any atom is 0.404 e. The number of hydrogen-bond donors (Lipinski definition) is 4. The fourth-order valence-corrected chi connectivity index (χ4v) is 5.37. The van der Waals surface area contributed by atoms with Gasteiger partial charge >= 0.3 is 6.09 Å². The molecule has 1 saturated heterocycles. The topological polar surface area (TPSA) is 124 Å². The maximum atomic E-state index is 13.3. The minimum atomic E-state index is -0.970. The number of benzene rings is 1. The number of aromatic nitrogens is 1. The van der Waals surface area contributed by atoms with Crippen molar-refractivity contribution >= 4 is 34.6 Å². The van der Waals surface area contributed by atoms with Gasteiger partial charge in [0.25, 0.3) is 5.91 Å². The minimum absolute atomic E-state index is 0.00696. The third kappa shape index (κ3) is 6.86. The van der Waals surface area contributed by atoms with Crippen molar-refractivity contribution in [1.29, 1.82) is 0 Å². The summed E-state index contributed by atoms with van der Waals surface area (Å²) in [6.45, 7) is 5.07. The molecule has 0 bridgehead atoms. The van der Waals surface area contributed by atoms with E-state index in [0.29, 0.717) is 43.0 Å². The van der Waals surface area contributed by atoms with E-state index >= 15 is 0 Å². The van der Waals surface area contributed by atoms with E-state index in [-0.39, 0.29) is 11.8 Å². The van der Waals surface area contributed by atoms with Crippen molar-refractivity contribution in [1.82, 2.24) is 20.9 Å². The van der Waals surface area contributed by atoms with E-state index in [9.17, 15) is 14.4 Å². The molecule has 1 aromatic heterocycles. The van der Waals surface area contributed by atoms with Crippen molar-refractivity contribution in [2.75, 3.05) is 37.6 Å². The molecule has 0 spiro atoms. The molecule has 1 aliphatic heterocycles. The van der Waals surface area contributed by atoms with Crippen LogP contribution in [0.4, 0.5) is 10.6 Å².